The predicted octanol–water partition coefficient (Wildman–Crippen LogP) is 4.50. The van der Waals surface area contributed by atoms with Gasteiger partial charge in [0.1, 0.15) is 0 Å². The highest BCUT2D eigenvalue weighted by molar-refractivity contribution is 5.79. The summed E-state index contributed by atoms with van der Waals surface area (Å²) in [7, 11) is 0. The van der Waals surface area contributed by atoms with E-state index in [0.29, 0.717) is 24.2 Å². The first-order valence-electron chi connectivity index (χ1n) is 11.7. The average molecular weight is 425 g/mol. The molecule has 0 saturated carbocycles. The van der Waals surface area contributed by atoms with Crippen molar-refractivity contribution in [2.45, 2.75) is 65.3 Å². The zero-order valence-electron chi connectivity index (χ0n) is 19.4. The fourth-order valence-corrected chi connectivity index (χ4v) is 4.57. The molecule has 168 valence electrons. The summed E-state index contributed by atoms with van der Waals surface area (Å²) in [4.78, 5) is 21.9. The number of nitrogens with zero attached hydrogens (tertiary/aromatic N) is 4. The molecule has 0 unspecified atom stereocenters. The minimum atomic E-state index is 0.126. The van der Waals surface area contributed by atoms with E-state index in [1.54, 1.807) is 0 Å². The van der Waals surface area contributed by atoms with Crippen LogP contribution in [0.2, 0.25) is 0 Å². The number of piperidine rings is 2. The summed E-state index contributed by atoms with van der Waals surface area (Å²) in [6, 6.07) is 8.40. The molecule has 2 fully saturated rings. The molecule has 4 rings (SSSR count). The van der Waals surface area contributed by atoms with Gasteiger partial charge in [-0.25, -0.2) is 0 Å². The molecule has 0 bridgehead atoms. The largest absolute Gasteiger partial charge is 0.342 e. The van der Waals surface area contributed by atoms with Crippen molar-refractivity contribution in [3.63, 3.8) is 0 Å². The van der Waals surface area contributed by atoms with Crippen LogP contribution in [0.5, 0.6) is 0 Å². The third-order valence-electron chi connectivity index (χ3n) is 6.87. The highest BCUT2D eigenvalue weighted by Gasteiger charge is 2.30. The Kier molecular flexibility index (Phi) is 6.47. The van der Waals surface area contributed by atoms with E-state index in [-0.39, 0.29) is 11.3 Å². The number of carbonyl (C=O) groups is 1. The summed E-state index contributed by atoms with van der Waals surface area (Å²) in [5, 5.41) is 4.18. The second-order valence-corrected chi connectivity index (χ2v) is 10.4. The third-order valence-corrected chi connectivity index (χ3v) is 6.87. The van der Waals surface area contributed by atoms with Crippen LogP contribution in [-0.4, -0.2) is 52.0 Å². The molecular formula is C25H36N4O2. The molecule has 2 saturated heterocycles. The molecule has 31 heavy (non-hydrogen) atoms. The molecule has 0 N–H and O–H groups in total. The van der Waals surface area contributed by atoms with Crippen LogP contribution >= 0.6 is 0 Å². The quantitative estimate of drug-likeness (QED) is 0.723. The first kappa shape index (κ1) is 22.0. The number of likely N-dealkylation sites (tertiary alicyclic amines) is 2. The van der Waals surface area contributed by atoms with Gasteiger partial charge in [0.2, 0.25) is 17.6 Å². The molecular weight excluding hydrogens is 388 g/mol. The molecule has 0 atom stereocenters. The number of amides is 1. The fraction of sp³-hybridized carbons (Fsp3) is 0.640. The van der Waals surface area contributed by atoms with E-state index >= 15 is 0 Å². The molecule has 2 aromatic rings. The molecule has 0 spiro atoms. The Morgan fingerprint density at radius 2 is 1.68 bits per heavy atom. The molecule has 3 heterocycles. The zero-order valence-corrected chi connectivity index (χ0v) is 19.4. The van der Waals surface area contributed by atoms with Gasteiger partial charge in [-0.3, -0.25) is 9.69 Å². The van der Waals surface area contributed by atoms with Gasteiger partial charge in [0.05, 0.1) is 6.54 Å². The van der Waals surface area contributed by atoms with Crippen molar-refractivity contribution >= 4 is 5.91 Å². The van der Waals surface area contributed by atoms with Gasteiger partial charge >= 0.3 is 0 Å². The molecule has 6 nitrogen and oxygen atoms in total. The monoisotopic (exact) mass is 424 g/mol. The lowest BCUT2D eigenvalue weighted by Crippen LogP contribution is -2.45. The van der Waals surface area contributed by atoms with E-state index in [4.69, 9.17) is 4.52 Å². The van der Waals surface area contributed by atoms with Gasteiger partial charge in [-0.15, -0.1) is 0 Å². The maximum atomic E-state index is 12.8. The lowest BCUT2D eigenvalue weighted by atomic mass is 9.87. The first-order valence-corrected chi connectivity index (χ1v) is 11.7. The van der Waals surface area contributed by atoms with Gasteiger partial charge < -0.3 is 9.42 Å². The van der Waals surface area contributed by atoms with Crippen molar-refractivity contribution in [1.82, 2.24) is 19.9 Å². The number of aromatic nitrogens is 2. The smallest absolute Gasteiger partial charge is 0.241 e. The van der Waals surface area contributed by atoms with Gasteiger partial charge in [-0.1, -0.05) is 57.1 Å². The van der Waals surface area contributed by atoms with Crippen molar-refractivity contribution in [3.05, 3.63) is 35.7 Å². The summed E-state index contributed by atoms with van der Waals surface area (Å²) in [5.41, 5.74) is 2.39. The molecule has 2 aliphatic rings. The maximum Gasteiger partial charge on any atom is 0.241 e. The molecule has 1 aromatic carbocycles. The van der Waals surface area contributed by atoms with Crippen LogP contribution < -0.4 is 0 Å². The molecule has 2 aliphatic heterocycles. The number of rotatable bonds is 4. The Labute approximate surface area is 186 Å². The highest BCUT2D eigenvalue weighted by Crippen LogP contribution is 2.26. The third kappa shape index (κ3) is 5.35. The topological polar surface area (TPSA) is 62.5 Å². The Balaban J connectivity index is 1.28. The average Bonchev–Trinajstić information content (AvgIpc) is 3.22. The second-order valence-electron chi connectivity index (χ2n) is 10.4. The van der Waals surface area contributed by atoms with Crippen molar-refractivity contribution in [1.29, 1.82) is 0 Å². The van der Waals surface area contributed by atoms with Gasteiger partial charge in [-0.05, 0) is 55.7 Å². The van der Waals surface area contributed by atoms with Crippen LogP contribution in [0.1, 0.15) is 64.8 Å². The second kappa shape index (κ2) is 9.11. The zero-order chi connectivity index (χ0) is 22.0. The molecule has 0 aliphatic carbocycles. The molecule has 1 aromatic heterocycles. The van der Waals surface area contributed by atoms with Crippen LogP contribution in [0, 0.1) is 11.8 Å². The number of hydrogen-bond acceptors (Lipinski definition) is 5. The lowest BCUT2D eigenvalue weighted by Gasteiger charge is -2.36. The summed E-state index contributed by atoms with van der Waals surface area (Å²) < 4.78 is 5.52. The van der Waals surface area contributed by atoms with Crippen molar-refractivity contribution < 1.29 is 9.32 Å². The Hall–Kier alpha value is -2.21. The lowest BCUT2D eigenvalue weighted by molar-refractivity contribution is -0.138. The summed E-state index contributed by atoms with van der Waals surface area (Å²) in [6.45, 7) is 13.2. The van der Waals surface area contributed by atoms with E-state index in [1.807, 2.05) is 0 Å². The Morgan fingerprint density at radius 1 is 1.03 bits per heavy atom. The van der Waals surface area contributed by atoms with Crippen LogP contribution in [0.4, 0.5) is 0 Å². The normalized spacial score (nSPS) is 19.7. The first-order chi connectivity index (χ1) is 14.8. The van der Waals surface area contributed by atoms with E-state index in [1.165, 1.54) is 5.56 Å². The van der Waals surface area contributed by atoms with Crippen molar-refractivity contribution in [3.8, 4) is 11.4 Å². The number of benzene rings is 1. The minimum absolute atomic E-state index is 0.126. The summed E-state index contributed by atoms with van der Waals surface area (Å²) >= 11 is 0. The summed E-state index contributed by atoms with van der Waals surface area (Å²) in [5.74, 6) is 2.57. The highest BCUT2D eigenvalue weighted by atomic mass is 16.5. The number of carbonyl (C=O) groups excluding carboxylic acids is 1. The van der Waals surface area contributed by atoms with Crippen LogP contribution in [0.3, 0.4) is 0 Å². The summed E-state index contributed by atoms with van der Waals surface area (Å²) in [6.07, 6.45) is 4.12. The Morgan fingerprint density at radius 3 is 2.29 bits per heavy atom. The predicted molar refractivity (Wildman–Crippen MR) is 121 cm³/mol. The SMILES string of the molecule is CC1CCN(C(=O)C2CCN(Cc3nc(-c4ccc(C(C)(C)C)cc4)no3)CC2)CC1. The van der Waals surface area contributed by atoms with Crippen molar-refractivity contribution in [2.24, 2.45) is 11.8 Å². The van der Waals surface area contributed by atoms with E-state index in [0.717, 1.165) is 63.3 Å². The van der Waals surface area contributed by atoms with E-state index in [2.05, 4.69) is 71.9 Å². The van der Waals surface area contributed by atoms with Crippen molar-refractivity contribution in [2.75, 3.05) is 26.2 Å². The van der Waals surface area contributed by atoms with Crippen LogP contribution in [-0.2, 0) is 16.8 Å². The fourth-order valence-electron chi connectivity index (χ4n) is 4.57. The molecule has 6 heteroatoms. The Bertz CT molecular complexity index is 868. The maximum absolute atomic E-state index is 12.8. The molecule has 0 radical (unpaired) electrons. The number of hydrogen-bond donors (Lipinski definition) is 0. The standard InChI is InChI=1S/C25H36N4O2/c1-18-9-15-29(16-10-18)24(30)20-11-13-28(14-12-20)17-22-26-23(27-31-22)19-5-7-21(8-6-19)25(2,3)4/h5-8,18,20H,9-17H2,1-4H3. The van der Waals surface area contributed by atoms with Gasteiger partial charge in [0.15, 0.2) is 0 Å². The van der Waals surface area contributed by atoms with Gasteiger partial charge in [-0.2, -0.15) is 4.98 Å². The molecule has 1 amide bonds. The van der Waals surface area contributed by atoms with E-state index < -0.39 is 0 Å². The van der Waals surface area contributed by atoms with Gasteiger partial charge in [0.25, 0.3) is 0 Å². The van der Waals surface area contributed by atoms with Crippen LogP contribution in [0.15, 0.2) is 28.8 Å². The van der Waals surface area contributed by atoms with Gasteiger partial charge in [0, 0.05) is 24.6 Å². The minimum Gasteiger partial charge on any atom is -0.342 e. The van der Waals surface area contributed by atoms with Crippen LogP contribution in [0.25, 0.3) is 11.4 Å². The van der Waals surface area contributed by atoms with E-state index in [9.17, 15) is 4.79 Å².